The van der Waals surface area contributed by atoms with Gasteiger partial charge in [0.25, 0.3) is 0 Å². The molecule has 0 radical (unpaired) electrons. The number of halogens is 1. The molecule has 0 aliphatic carbocycles. The van der Waals surface area contributed by atoms with Gasteiger partial charge in [0, 0.05) is 18.0 Å². The maximum Gasteiger partial charge on any atom is 0.152 e. The molecule has 0 atom stereocenters. The average Bonchev–Trinajstić information content (AvgIpc) is 2.20. The van der Waals surface area contributed by atoms with Gasteiger partial charge in [-0.2, -0.15) is 0 Å². The first kappa shape index (κ1) is 13.0. The van der Waals surface area contributed by atoms with Crippen molar-refractivity contribution in [3.8, 4) is 0 Å². The largest absolute Gasteiger partial charge is 0.384 e. The summed E-state index contributed by atoms with van der Waals surface area (Å²) in [7, 11) is -2.95. The van der Waals surface area contributed by atoms with E-state index in [-0.39, 0.29) is 17.3 Å². The fraction of sp³-hybridized carbons (Fsp3) is 0.455. The van der Waals surface area contributed by atoms with Crippen LogP contribution in [0.5, 0.6) is 0 Å². The highest BCUT2D eigenvalue weighted by molar-refractivity contribution is 7.91. The van der Waals surface area contributed by atoms with Gasteiger partial charge in [-0.3, -0.25) is 0 Å². The van der Waals surface area contributed by atoms with Crippen LogP contribution in [0.25, 0.3) is 0 Å². The van der Waals surface area contributed by atoms with E-state index in [1.54, 1.807) is 12.1 Å². The second-order valence-corrected chi connectivity index (χ2v) is 5.89. The van der Waals surface area contributed by atoms with Crippen molar-refractivity contribution in [3.05, 3.63) is 30.1 Å². The summed E-state index contributed by atoms with van der Waals surface area (Å²) in [5.74, 6) is 0.0280. The van der Waals surface area contributed by atoms with Crippen molar-refractivity contribution in [2.45, 2.75) is 13.3 Å². The topological polar surface area (TPSA) is 46.2 Å². The van der Waals surface area contributed by atoms with Crippen molar-refractivity contribution in [2.24, 2.45) is 0 Å². The Bertz CT molecular complexity index is 414. The van der Waals surface area contributed by atoms with E-state index in [4.69, 9.17) is 0 Å². The molecule has 0 spiro atoms. The number of nitrogens with one attached hydrogen (secondary N) is 1. The van der Waals surface area contributed by atoms with Gasteiger partial charge < -0.3 is 5.32 Å². The summed E-state index contributed by atoms with van der Waals surface area (Å²) < 4.78 is 35.3. The lowest BCUT2D eigenvalue weighted by Gasteiger charge is -2.06. The highest BCUT2D eigenvalue weighted by atomic mass is 32.2. The van der Waals surface area contributed by atoms with E-state index in [0.717, 1.165) is 5.69 Å². The molecule has 0 aliphatic heterocycles. The maximum absolute atomic E-state index is 12.6. The molecule has 0 bridgehead atoms. The summed E-state index contributed by atoms with van der Waals surface area (Å²) in [5, 5.41) is 2.94. The van der Waals surface area contributed by atoms with Crippen molar-refractivity contribution in [3.63, 3.8) is 0 Å². The molecular weight excluding hydrogens is 229 g/mol. The van der Waals surface area contributed by atoms with Crippen molar-refractivity contribution in [1.29, 1.82) is 0 Å². The highest BCUT2D eigenvalue weighted by Gasteiger charge is 2.08. The molecular formula is C11H16FNO2S. The van der Waals surface area contributed by atoms with E-state index in [9.17, 15) is 12.8 Å². The van der Waals surface area contributed by atoms with Crippen LogP contribution in [-0.4, -0.2) is 26.5 Å². The summed E-state index contributed by atoms with van der Waals surface area (Å²) in [4.78, 5) is 0. The quantitative estimate of drug-likeness (QED) is 0.834. The number of sulfone groups is 1. The van der Waals surface area contributed by atoms with Gasteiger partial charge in [0.05, 0.1) is 5.75 Å². The van der Waals surface area contributed by atoms with E-state index in [1.807, 2.05) is 6.92 Å². The lowest BCUT2D eigenvalue weighted by Crippen LogP contribution is -2.18. The third-order valence-electron chi connectivity index (χ3n) is 2.10. The third kappa shape index (κ3) is 4.61. The molecule has 0 unspecified atom stereocenters. The first-order chi connectivity index (χ1) is 7.53. The molecule has 1 aromatic carbocycles. The smallest absolute Gasteiger partial charge is 0.152 e. The van der Waals surface area contributed by atoms with E-state index < -0.39 is 9.84 Å². The predicted octanol–water partition coefficient (Wildman–Crippen LogP) is 2.06. The summed E-state index contributed by atoms with van der Waals surface area (Å²) in [6.07, 6.45) is 0.638. The third-order valence-corrected chi connectivity index (χ3v) is 3.96. The van der Waals surface area contributed by atoms with Crippen LogP contribution in [0, 0.1) is 5.82 Å². The molecule has 0 saturated carbocycles. The molecule has 0 saturated heterocycles. The molecule has 0 heterocycles. The van der Waals surface area contributed by atoms with Crippen LogP contribution in [0.2, 0.25) is 0 Å². The molecule has 5 heteroatoms. The molecule has 0 aliphatic rings. The molecule has 16 heavy (non-hydrogen) atoms. The zero-order valence-corrected chi connectivity index (χ0v) is 10.1. The van der Waals surface area contributed by atoms with Gasteiger partial charge in [0.2, 0.25) is 0 Å². The van der Waals surface area contributed by atoms with Crippen molar-refractivity contribution < 1.29 is 12.8 Å². The van der Waals surface area contributed by atoms with Crippen molar-refractivity contribution in [2.75, 3.05) is 23.4 Å². The molecule has 0 amide bonds. The molecule has 90 valence electrons. The lowest BCUT2D eigenvalue weighted by atomic mass is 10.3. The highest BCUT2D eigenvalue weighted by Crippen LogP contribution is 2.07. The second kappa shape index (κ2) is 5.84. The molecule has 1 aromatic rings. The number of rotatable bonds is 6. The van der Waals surface area contributed by atoms with Gasteiger partial charge in [-0.05, 0) is 30.7 Å². The Morgan fingerprint density at radius 3 is 2.38 bits per heavy atom. The van der Waals surface area contributed by atoms with Gasteiger partial charge in [0.15, 0.2) is 9.84 Å². The minimum absolute atomic E-state index is 0.109. The molecule has 1 N–H and O–H groups in total. The van der Waals surface area contributed by atoms with E-state index in [2.05, 4.69) is 5.32 Å². The van der Waals surface area contributed by atoms with Gasteiger partial charge in [-0.25, -0.2) is 12.8 Å². The SMILES string of the molecule is CCCS(=O)(=O)CCNc1ccc(F)cc1. The number of hydrogen-bond donors (Lipinski definition) is 1. The first-order valence-corrected chi connectivity index (χ1v) is 7.05. The van der Waals surface area contributed by atoms with Crippen LogP contribution in [0.3, 0.4) is 0 Å². The van der Waals surface area contributed by atoms with Crippen LogP contribution in [0.4, 0.5) is 10.1 Å². The fourth-order valence-electron chi connectivity index (χ4n) is 1.33. The fourth-order valence-corrected chi connectivity index (χ4v) is 2.57. The number of benzene rings is 1. The van der Waals surface area contributed by atoms with E-state index in [0.29, 0.717) is 13.0 Å². The van der Waals surface area contributed by atoms with Crippen molar-refractivity contribution in [1.82, 2.24) is 0 Å². The van der Waals surface area contributed by atoms with Crippen LogP contribution in [-0.2, 0) is 9.84 Å². The Labute approximate surface area is 95.6 Å². The average molecular weight is 245 g/mol. The summed E-state index contributed by atoms with van der Waals surface area (Å²) in [6.45, 7) is 2.19. The minimum Gasteiger partial charge on any atom is -0.384 e. The predicted molar refractivity (Wildman–Crippen MR) is 63.8 cm³/mol. The summed E-state index contributed by atoms with van der Waals surface area (Å²) in [5.41, 5.74) is 0.730. The van der Waals surface area contributed by atoms with Gasteiger partial charge in [-0.1, -0.05) is 6.92 Å². The van der Waals surface area contributed by atoms with E-state index >= 15 is 0 Å². The Morgan fingerprint density at radius 2 is 1.81 bits per heavy atom. The van der Waals surface area contributed by atoms with Crippen LogP contribution < -0.4 is 5.32 Å². The normalized spacial score (nSPS) is 11.4. The Morgan fingerprint density at radius 1 is 1.19 bits per heavy atom. The second-order valence-electron chi connectivity index (χ2n) is 3.59. The summed E-state index contributed by atoms with van der Waals surface area (Å²) in [6, 6.07) is 5.84. The molecule has 1 rings (SSSR count). The standard InChI is InChI=1S/C11H16FNO2S/c1-2-8-16(14,15)9-7-13-11-5-3-10(12)4-6-11/h3-6,13H,2,7-9H2,1H3. The van der Waals surface area contributed by atoms with Crippen LogP contribution in [0.1, 0.15) is 13.3 Å². The first-order valence-electron chi connectivity index (χ1n) is 5.23. The van der Waals surface area contributed by atoms with Gasteiger partial charge in [-0.15, -0.1) is 0 Å². The zero-order chi connectivity index (χ0) is 12.0. The zero-order valence-electron chi connectivity index (χ0n) is 9.24. The minimum atomic E-state index is -2.95. The van der Waals surface area contributed by atoms with Crippen molar-refractivity contribution >= 4 is 15.5 Å². The Hall–Kier alpha value is -1.10. The van der Waals surface area contributed by atoms with Gasteiger partial charge >= 0.3 is 0 Å². The lowest BCUT2D eigenvalue weighted by molar-refractivity contribution is 0.595. The molecule has 3 nitrogen and oxygen atoms in total. The van der Waals surface area contributed by atoms with E-state index in [1.165, 1.54) is 12.1 Å². The van der Waals surface area contributed by atoms with Gasteiger partial charge in [0.1, 0.15) is 5.82 Å². The Balaban J connectivity index is 2.39. The summed E-state index contributed by atoms with van der Waals surface area (Å²) >= 11 is 0. The van der Waals surface area contributed by atoms with Crippen LogP contribution in [0.15, 0.2) is 24.3 Å². The monoisotopic (exact) mass is 245 g/mol. The Kier molecular flexibility index (Phi) is 4.73. The van der Waals surface area contributed by atoms with Crippen LogP contribution >= 0.6 is 0 Å². The number of hydrogen-bond acceptors (Lipinski definition) is 3. The maximum atomic E-state index is 12.6. The molecule has 0 fully saturated rings. The molecule has 0 aromatic heterocycles. The number of anilines is 1.